The largest absolute Gasteiger partial charge is 0.391 e. The van der Waals surface area contributed by atoms with Crippen LogP contribution in [-0.4, -0.2) is 110 Å². The number of aromatic nitrogens is 4. The number of amides is 4. The van der Waals surface area contributed by atoms with Crippen LogP contribution in [0.25, 0.3) is 15.4 Å². The number of thiazole rings is 1. The van der Waals surface area contributed by atoms with E-state index in [1.165, 1.54) is 9.78 Å². The van der Waals surface area contributed by atoms with Gasteiger partial charge in [0.1, 0.15) is 35.6 Å². The lowest BCUT2D eigenvalue weighted by Gasteiger charge is -2.35. The van der Waals surface area contributed by atoms with E-state index in [-0.39, 0.29) is 56.5 Å². The maximum atomic E-state index is 14.2. The molecular formula is C55H63ClN10O6S2. The van der Waals surface area contributed by atoms with Gasteiger partial charge in [-0.2, -0.15) is 0 Å². The van der Waals surface area contributed by atoms with E-state index in [4.69, 9.17) is 21.3 Å². The standard InChI is InChI=1S/C55H63ClN10O6S2/c1-30-33(4)74-54-47(30)48(37-13-17-39(56)18-14-37)60-43(51-63-62-34(5)66(51)54)24-45(68)59-31(2)36-15-19-40(20-16-36)64-22-21-42(27-64)72-28-46(69)61-50(55(6,7)8)53(71)65-26-41(67)23-44(65)52(70)57-25-35-9-11-38(12-10-35)49-32(3)58-29-73-49/h9-20,29,31,41-44,50,67H,21-28H2,1-8H3,(H,57,70)(H,59,68)(H,61,69)/t31-,41-,42?,43+,44+,50-/m1/s1. The van der Waals surface area contributed by atoms with Crippen molar-refractivity contribution in [2.24, 2.45) is 10.4 Å². The minimum Gasteiger partial charge on any atom is -0.391 e. The van der Waals surface area contributed by atoms with Gasteiger partial charge in [-0.25, -0.2) is 4.98 Å². The molecule has 0 aliphatic carbocycles. The van der Waals surface area contributed by atoms with Crippen LogP contribution in [0.5, 0.6) is 0 Å². The van der Waals surface area contributed by atoms with Gasteiger partial charge in [0.05, 0.1) is 46.5 Å². The van der Waals surface area contributed by atoms with E-state index in [9.17, 15) is 24.3 Å². The number of hydrogen-bond donors (Lipinski definition) is 4. The first kappa shape index (κ1) is 52.5. The second-order valence-corrected chi connectivity index (χ2v) is 23.1. The average Bonchev–Trinajstić information content (AvgIpc) is 4.23. The van der Waals surface area contributed by atoms with Gasteiger partial charge in [0.15, 0.2) is 5.82 Å². The summed E-state index contributed by atoms with van der Waals surface area (Å²) in [6.45, 7) is 16.9. The van der Waals surface area contributed by atoms with Gasteiger partial charge in [-0.05, 0) is 93.0 Å². The number of likely N-dealkylation sites (tertiary alicyclic amines) is 1. The molecule has 0 saturated carbocycles. The van der Waals surface area contributed by atoms with E-state index in [0.717, 1.165) is 72.7 Å². The first-order chi connectivity index (χ1) is 35.3. The molecule has 4 N–H and O–H groups in total. The van der Waals surface area contributed by atoms with E-state index in [2.05, 4.69) is 49.9 Å². The van der Waals surface area contributed by atoms with Crippen molar-refractivity contribution >= 4 is 69.3 Å². The number of rotatable bonds is 15. The van der Waals surface area contributed by atoms with Crippen molar-refractivity contribution in [1.29, 1.82) is 0 Å². The monoisotopic (exact) mass is 1060 g/mol. The molecule has 3 aromatic carbocycles. The number of fused-ring (bicyclic) bond motifs is 3. The molecule has 6 heterocycles. The number of anilines is 1. The lowest BCUT2D eigenvalue weighted by Crippen LogP contribution is -2.58. The van der Waals surface area contributed by atoms with E-state index >= 15 is 0 Å². The number of hydrogen-bond acceptors (Lipinski definition) is 13. The third-order valence-electron chi connectivity index (χ3n) is 14.2. The van der Waals surface area contributed by atoms with Crippen LogP contribution in [0.4, 0.5) is 5.69 Å². The smallest absolute Gasteiger partial charge is 0.246 e. The molecule has 6 aromatic rings. The number of carbonyl (C=O) groups excluding carboxylic acids is 4. The molecular weight excluding hydrogens is 996 g/mol. The van der Waals surface area contributed by atoms with Crippen molar-refractivity contribution in [3.05, 3.63) is 133 Å². The zero-order valence-electron chi connectivity index (χ0n) is 42.9. The number of aliphatic imine (C=N–C) groups is 1. The molecule has 6 atom stereocenters. The molecule has 9 rings (SSSR count). The van der Waals surface area contributed by atoms with Crippen LogP contribution in [0, 0.1) is 33.1 Å². The normalized spacial score (nSPS) is 19.3. The summed E-state index contributed by atoms with van der Waals surface area (Å²) in [5, 5.41) is 30.3. The molecule has 388 valence electrons. The molecule has 2 saturated heterocycles. The number of nitrogens with zero attached hydrogens (tertiary/aromatic N) is 7. The molecule has 3 aliphatic rings. The zero-order valence-corrected chi connectivity index (χ0v) is 45.3. The summed E-state index contributed by atoms with van der Waals surface area (Å²) in [7, 11) is 0. The van der Waals surface area contributed by atoms with Crippen LogP contribution in [-0.2, 0) is 30.5 Å². The number of aryl methyl sites for hydroxylation is 3. The summed E-state index contributed by atoms with van der Waals surface area (Å²) < 4.78 is 8.16. The molecule has 1 unspecified atom stereocenters. The van der Waals surface area contributed by atoms with Gasteiger partial charge < -0.3 is 35.6 Å². The topological polar surface area (TPSA) is 196 Å². The minimum atomic E-state index is -0.972. The summed E-state index contributed by atoms with van der Waals surface area (Å²) in [6, 6.07) is 20.8. The number of aliphatic hydroxyl groups excluding tert-OH is 1. The number of ether oxygens (including phenoxy) is 1. The molecule has 0 spiro atoms. The zero-order chi connectivity index (χ0) is 52.6. The Morgan fingerprint density at radius 1 is 0.905 bits per heavy atom. The van der Waals surface area contributed by atoms with E-state index in [1.54, 1.807) is 22.7 Å². The van der Waals surface area contributed by atoms with Crippen LogP contribution in [0.15, 0.2) is 83.3 Å². The number of nitrogens with one attached hydrogen (secondary N) is 3. The fraction of sp³-hybridized carbons (Fsp3) is 0.418. The van der Waals surface area contributed by atoms with Crippen LogP contribution in [0.1, 0.15) is 109 Å². The Labute approximate surface area is 444 Å². The van der Waals surface area contributed by atoms with Gasteiger partial charge >= 0.3 is 0 Å². The van der Waals surface area contributed by atoms with Crippen LogP contribution in [0.2, 0.25) is 5.02 Å². The molecule has 2 fully saturated rings. The van der Waals surface area contributed by atoms with Crippen molar-refractivity contribution < 1.29 is 29.0 Å². The second-order valence-electron chi connectivity index (χ2n) is 20.6. The van der Waals surface area contributed by atoms with Crippen molar-refractivity contribution in [3.63, 3.8) is 0 Å². The van der Waals surface area contributed by atoms with Gasteiger partial charge in [0.25, 0.3) is 0 Å². The molecule has 74 heavy (non-hydrogen) atoms. The Bertz CT molecular complexity index is 3070. The maximum absolute atomic E-state index is 14.2. The number of carbonyl (C=O) groups is 4. The molecule has 3 aromatic heterocycles. The van der Waals surface area contributed by atoms with Gasteiger partial charge in [0, 0.05) is 59.3 Å². The Kier molecular flexibility index (Phi) is 15.5. The third-order valence-corrected chi connectivity index (χ3v) is 16.6. The summed E-state index contributed by atoms with van der Waals surface area (Å²) in [4.78, 5) is 70.5. The minimum absolute atomic E-state index is 0.0175. The van der Waals surface area contributed by atoms with Crippen molar-refractivity contribution in [3.8, 4) is 15.4 Å². The van der Waals surface area contributed by atoms with E-state index < -0.39 is 41.5 Å². The molecule has 19 heteroatoms. The summed E-state index contributed by atoms with van der Waals surface area (Å²) in [5.74, 6) is -0.0707. The number of aliphatic hydroxyl groups is 1. The molecule has 0 bridgehead atoms. The van der Waals surface area contributed by atoms with Gasteiger partial charge in [-0.15, -0.1) is 32.9 Å². The lowest BCUT2D eigenvalue weighted by molar-refractivity contribution is -0.144. The molecule has 16 nitrogen and oxygen atoms in total. The number of β-amino-alcohol motifs (C(OH)–C–C–N with tert-alkyl or cyclic N) is 1. The van der Waals surface area contributed by atoms with Crippen LogP contribution < -0.4 is 20.9 Å². The van der Waals surface area contributed by atoms with E-state index in [1.807, 2.05) is 124 Å². The number of halogens is 1. The highest BCUT2D eigenvalue weighted by Crippen LogP contribution is 2.40. The third kappa shape index (κ3) is 11.3. The van der Waals surface area contributed by atoms with Crippen LogP contribution in [0.3, 0.4) is 0 Å². The summed E-state index contributed by atoms with van der Waals surface area (Å²) in [6.07, 6.45) is -0.240. The summed E-state index contributed by atoms with van der Waals surface area (Å²) in [5.41, 5.74) is 9.76. The fourth-order valence-electron chi connectivity index (χ4n) is 9.94. The van der Waals surface area contributed by atoms with Crippen LogP contribution >= 0.6 is 34.3 Å². The number of thiophene rings is 1. The van der Waals surface area contributed by atoms with Gasteiger partial charge in [0.2, 0.25) is 23.6 Å². The fourth-order valence-corrected chi connectivity index (χ4v) is 12.1. The predicted molar refractivity (Wildman–Crippen MR) is 289 cm³/mol. The predicted octanol–water partition coefficient (Wildman–Crippen LogP) is 7.90. The number of benzene rings is 3. The Hall–Kier alpha value is -6.31. The average molecular weight is 1060 g/mol. The highest BCUT2D eigenvalue weighted by atomic mass is 35.5. The SMILES string of the molecule is Cc1ncsc1-c1ccc(CNC(=O)[C@@H]2C[C@@H](O)CN2C(=O)[C@@H](NC(=O)COC2CCN(c3ccc([C@@H](C)NC(=O)C[C@@H]4N=C(c5ccc(Cl)cc5)c5c(sc(C)c5C)-n5c(C)nnc54)cc3)C2)C(C)(C)C)cc1. The second kappa shape index (κ2) is 21.9. The van der Waals surface area contributed by atoms with Crippen molar-refractivity contribution in [1.82, 2.24) is 40.6 Å². The summed E-state index contributed by atoms with van der Waals surface area (Å²) >= 11 is 9.53. The first-order valence-electron chi connectivity index (χ1n) is 25.0. The first-order valence-corrected chi connectivity index (χ1v) is 27.1. The molecule has 4 amide bonds. The highest BCUT2D eigenvalue weighted by Gasteiger charge is 2.45. The Balaban J connectivity index is 0.767. The Morgan fingerprint density at radius 3 is 2.31 bits per heavy atom. The maximum Gasteiger partial charge on any atom is 0.246 e. The van der Waals surface area contributed by atoms with Crippen molar-refractivity contribution in [2.75, 3.05) is 31.1 Å². The van der Waals surface area contributed by atoms with Gasteiger partial charge in [-0.1, -0.05) is 80.9 Å². The molecule has 3 aliphatic heterocycles. The Morgan fingerprint density at radius 2 is 1.62 bits per heavy atom. The quantitative estimate of drug-likeness (QED) is 0.0785. The highest BCUT2D eigenvalue weighted by molar-refractivity contribution is 7.15. The molecule has 0 radical (unpaired) electrons. The van der Waals surface area contributed by atoms with Crippen molar-refractivity contribution in [2.45, 2.75) is 118 Å². The lowest BCUT2D eigenvalue weighted by atomic mass is 9.85. The van der Waals surface area contributed by atoms with E-state index in [0.29, 0.717) is 23.8 Å². The van der Waals surface area contributed by atoms with Gasteiger partial charge in [-0.3, -0.25) is 28.7 Å².